The monoisotopic (exact) mass is 321 g/mol. The van der Waals surface area contributed by atoms with Gasteiger partial charge in [-0.25, -0.2) is 4.79 Å². The minimum atomic E-state index is -0.762. The normalized spacial score (nSPS) is 13.3. The highest BCUT2D eigenvalue weighted by Gasteiger charge is 2.33. The molecule has 0 aromatic heterocycles. The number of nitrogen functional groups attached to an aromatic ring is 1. The van der Waals surface area contributed by atoms with Crippen molar-refractivity contribution in [2.45, 2.75) is 12.8 Å². The molecule has 1 aromatic carbocycles. The van der Waals surface area contributed by atoms with Gasteiger partial charge >= 0.3 is 5.97 Å². The Morgan fingerprint density at radius 1 is 1.10 bits per heavy atom. The number of carbonyl (C=O) groups is 3. The first-order valence-electron chi connectivity index (χ1n) is 5.26. The van der Waals surface area contributed by atoms with Gasteiger partial charge in [0.1, 0.15) is 0 Å². The molecular weight excluding hydrogens is 309 g/mol. The number of rotatable bonds is 3. The minimum absolute atomic E-state index is 0. The van der Waals surface area contributed by atoms with Gasteiger partial charge in [-0.15, -0.1) is 29.9 Å². The summed E-state index contributed by atoms with van der Waals surface area (Å²) in [5.74, 6) is 3.41. The Morgan fingerprint density at radius 3 is 2.05 bits per heavy atom. The van der Waals surface area contributed by atoms with E-state index < -0.39 is 17.8 Å². The van der Waals surface area contributed by atoms with Crippen LogP contribution in [0.25, 0.3) is 0 Å². The lowest BCUT2D eigenvalue weighted by molar-refractivity contribution is -0.172. The number of nitrogens with zero attached hydrogens (tertiary/aromatic N) is 1. The van der Waals surface area contributed by atoms with Gasteiger partial charge in [0, 0.05) is 18.5 Å². The molecule has 2 amide bonds. The Balaban J connectivity index is 0.00000180. The number of hydroxylamine groups is 2. The van der Waals surface area contributed by atoms with Crippen molar-refractivity contribution >= 4 is 48.3 Å². The lowest BCUT2D eigenvalue weighted by Gasteiger charge is -2.12. The first kappa shape index (κ1) is 18.2. The maximum Gasteiger partial charge on any atom is 0.363 e. The van der Waals surface area contributed by atoms with Crippen LogP contribution < -0.4 is 11.3 Å². The van der Waals surface area contributed by atoms with Crippen LogP contribution >= 0.6 is 24.8 Å². The molecule has 0 saturated carbocycles. The molecule has 1 fully saturated rings. The van der Waals surface area contributed by atoms with E-state index in [0.29, 0.717) is 10.8 Å². The van der Waals surface area contributed by atoms with Crippen molar-refractivity contribution in [3.05, 3.63) is 29.8 Å². The number of hydrazine groups is 1. The number of nitrogens with one attached hydrogen (secondary N) is 1. The van der Waals surface area contributed by atoms with E-state index in [1.165, 1.54) is 12.1 Å². The summed E-state index contributed by atoms with van der Waals surface area (Å²) in [5, 5.41) is 0.511. The van der Waals surface area contributed by atoms with Crippen molar-refractivity contribution in [3.8, 4) is 0 Å². The van der Waals surface area contributed by atoms with E-state index in [9.17, 15) is 14.4 Å². The molecule has 9 heteroatoms. The number of anilines is 1. The van der Waals surface area contributed by atoms with Crippen molar-refractivity contribution < 1.29 is 19.2 Å². The third-order valence-electron chi connectivity index (χ3n) is 2.47. The summed E-state index contributed by atoms with van der Waals surface area (Å²) < 4.78 is 0. The lowest BCUT2D eigenvalue weighted by Crippen LogP contribution is -2.32. The third-order valence-corrected chi connectivity index (χ3v) is 2.47. The third kappa shape index (κ3) is 3.83. The molecule has 0 bridgehead atoms. The molecule has 0 atom stereocenters. The molecule has 2 rings (SSSR count). The van der Waals surface area contributed by atoms with Crippen LogP contribution in [0.5, 0.6) is 0 Å². The van der Waals surface area contributed by atoms with E-state index in [2.05, 4.69) is 5.43 Å². The van der Waals surface area contributed by atoms with Crippen LogP contribution in [0.2, 0.25) is 0 Å². The van der Waals surface area contributed by atoms with Gasteiger partial charge in [-0.1, -0.05) is 0 Å². The smallest absolute Gasteiger partial charge is 0.325 e. The second-order valence-electron chi connectivity index (χ2n) is 3.68. The zero-order valence-corrected chi connectivity index (χ0v) is 11.8. The topological polar surface area (TPSA) is 102 Å². The fourth-order valence-electron chi connectivity index (χ4n) is 1.50. The van der Waals surface area contributed by atoms with Gasteiger partial charge in [0.05, 0.1) is 5.56 Å². The summed E-state index contributed by atoms with van der Waals surface area (Å²) in [5.41, 5.74) is 3.26. The molecule has 110 valence electrons. The number of benzene rings is 1. The Labute approximate surface area is 127 Å². The van der Waals surface area contributed by atoms with Crippen molar-refractivity contribution in [1.29, 1.82) is 0 Å². The molecule has 1 aliphatic heterocycles. The summed E-state index contributed by atoms with van der Waals surface area (Å²) in [6, 6.07) is 6.10. The molecule has 7 nitrogen and oxygen atoms in total. The molecule has 0 aliphatic carbocycles. The maximum absolute atomic E-state index is 11.7. The van der Waals surface area contributed by atoms with Gasteiger partial charge in [0.25, 0.3) is 11.8 Å². The minimum Gasteiger partial charge on any atom is -0.325 e. The summed E-state index contributed by atoms with van der Waals surface area (Å²) in [6.07, 6.45) is 0.143. The Hall–Kier alpha value is -1.83. The van der Waals surface area contributed by atoms with Crippen LogP contribution in [0.3, 0.4) is 0 Å². The van der Waals surface area contributed by atoms with Gasteiger partial charge in [0.15, 0.2) is 0 Å². The summed E-state index contributed by atoms with van der Waals surface area (Å²) in [6.45, 7) is 0. The van der Waals surface area contributed by atoms with Crippen molar-refractivity contribution in [2.24, 2.45) is 5.84 Å². The maximum atomic E-state index is 11.7. The quantitative estimate of drug-likeness (QED) is 0.490. The van der Waals surface area contributed by atoms with E-state index in [4.69, 9.17) is 10.7 Å². The van der Waals surface area contributed by atoms with Crippen LogP contribution in [-0.2, 0) is 14.4 Å². The Bertz CT molecular complexity index is 491. The van der Waals surface area contributed by atoms with Crippen LogP contribution in [-0.4, -0.2) is 22.8 Å². The van der Waals surface area contributed by atoms with Gasteiger partial charge in [0.2, 0.25) is 0 Å². The number of hydrogen-bond donors (Lipinski definition) is 2. The van der Waals surface area contributed by atoms with Gasteiger partial charge in [-0.05, 0) is 24.3 Å². The average molecular weight is 322 g/mol. The SMILES string of the molecule is Cl.Cl.NNc1ccc(C(=O)ON2C(=O)CCC2=O)cc1. The number of carbonyl (C=O) groups excluding carboxylic acids is 3. The summed E-state index contributed by atoms with van der Waals surface area (Å²) >= 11 is 0. The van der Waals surface area contributed by atoms with Crippen LogP contribution in [0.1, 0.15) is 23.2 Å². The van der Waals surface area contributed by atoms with Crippen LogP contribution in [0.15, 0.2) is 24.3 Å². The van der Waals surface area contributed by atoms with Crippen molar-refractivity contribution in [1.82, 2.24) is 5.06 Å². The Kier molecular flexibility index (Phi) is 6.98. The fraction of sp³-hybridized carbons (Fsp3) is 0.182. The molecular formula is C11H13Cl2N3O4. The molecule has 20 heavy (non-hydrogen) atoms. The predicted molar refractivity (Wildman–Crippen MR) is 75.3 cm³/mol. The van der Waals surface area contributed by atoms with Crippen LogP contribution in [0, 0.1) is 0 Å². The highest BCUT2D eigenvalue weighted by atomic mass is 35.5. The molecule has 1 heterocycles. The largest absolute Gasteiger partial charge is 0.363 e. The number of nitrogens with two attached hydrogens (primary N) is 1. The number of hydrogen-bond acceptors (Lipinski definition) is 6. The zero-order valence-electron chi connectivity index (χ0n) is 10.2. The van der Waals surface area contributed by atoms with Gasteiger partial charge in [-0.3, -0.25) is 15.4 Å². The zero-order chi connectivity index (χ0) is 13.1. The standard InChI is InChI=1S/C11H11N3O4.2ClH/c12-13-8-3-1-7(2-4-8)11(17)18-14-9(15)5-6-10(14)16;;/h1-4,13H,5-6,12H2;2*1H. The molecule has 3 N–H and O–H groups in total. The van der Waals surface area contributed by atoms with Gasteiger partial charge in [-0.2, -0.15) is 0 Å². The highest BCUT2D eigenvalue weighted by molar-refractivity contribution is 6.02. The predicted octanol–water partition coefficient (Wildman–Crippen LogP) is 1.04. The van der Waals surface area contributed by atoms with E-state index in [1.807, 2.05) is 0 Å². The molecule has 0 spiro atoms. The van der Waals surface area contributed by atoms with Gasteiger partial charge < -0.3 is 10.3 Å². The van der Waals surface area contributed by atoms with E-state index >= 15 is 0 Å². The fourth-order valence-corrected chi connectivity index (χ4v) is 1.50. The van der Waals surface area contributed by atoms with Crippen molar-refractivity contribution in [2.75, 3.05) is 5.43 Å². The lowest BCUT2D eigenvalue weighted by atomic mass is 10.2. The number of amides is 2. The summed E-state index contributed by atoms with van der Waals surface area (Å²) in [7, 11) is 0. The molecule has 0 radical (unpaired) electrons. The second-order valence-corrected chi connectivity index (χ2v) is 3.68. The van der Waals surface area contributed by atoms with E-state index in [0.717, 1.165) is 0 Å². The Morgan fingerprint density at radius 2 is 1.60 bits per heavy atom. The molecule has 0 unspecified atom stereocenters. The highest BCUT2D eigenvalue weighted by Crippen LogP contribution is 2.15. The van der Waals surface area contributed by atoms with E-state index in [1.54, 1.807) is 12.1 Å². The molecule has 1 aromatic rings. The first-order valence-corrected chi connectivity index (χ1v) is 5.26. The first-order chi connectivity index (χ1) is 8.61. The van der Waals surface area contributed by atoms with Crippen molar-refractivity contribution in [3.63, 3.8) is 0 Å². The number of imide groups is 1. The number of halogens is 2. The molecule has 1 aliphatic rings. The average Bonchev–Trinajstić information content (AvgIpc) is 2.70. The van der Waals surface area contributed by atoms with E-state index in [-0.39, 0.29) is 43.2 Å². The molecule has 1 saturated heterocycles. The van der Waals surface area contributed by atoms with Crippen LogP contribution in [0.4, 0.5) is 5.69 Å². The second kappa shape index (κ2) is 7.68. The summed E-state index contributed by atoms with van der Waals surface area (Å²) in [4.78, 5) is 38.9.